The van der Waals surface area contributed by atoms with E-state index in [1.54, 1.807) is 30.5 Å². The number of amides is 1. The predicted octanol–water partition coefficient (Wildman–Crippen LogP) is 4.06. The second-order valence-electron chi connectivity index (χ2n) is 6.00. The Balaban J connectivity index is 1.88. The van der Waals surface area contributed by atoms with E-state index in [0.717, 1.165) is 16.8 Å². The molecule has 0 unspecified atom stereocenters. The van der Waals surface area contributed by atoms with Crippen LogP contribution in [0.3, 0.4) is 0 Å². The van der Waals surface area contributed by atoms with Crippen molar-refractivity contribution in [1.82, 2.24) is 4.98 Å². The highest BCUT2D eigenvalue weighted by molar-refractivity contribution is 6.35. The summed E-state index contributed by atoms with van der Waals surface area (Å²) < 4.78 is 0. The SMILES string of the molecule is C#Cc1c(-c2ccc([N+](=O)[O-])cc2)ccc2c1C(=Cc1ccc[nH]1)C(=O)N2. The number of aromatic nitrogens is 1. The molecule has 27 heavy (non-hydrogen) atoms. The maximum atomic E-state index is 12.5. The monoisotopic (exact) mass is 355 g/mol. The van der Waals surface area contributed by atoms with E-state index < -0.39 is 4.92 Å². The van der Waals surface area contributed by atoms with Gasteiger partial charge in [0, 0.05) is 35.2 Å². The van der Waals surface area contributed by atoms with Crippen molar-refractivity contribution in [2.24, 2.45) is 0 Å². The van der Waals surface area contributed by atoms with Crippen LogP contribution in [0.25, 0.3) is 22.8 Å². The largest absolute Gasteiger partial charge is 0.362 e. The molecule has 2 heterocycles. The minimum atomic E-state index is -0.450. The first kappa shape index (κ1) is 16.4. The van der Waals surface area contributed by atoms with Crippen molar-refractivity contribution in [2.45, 2.75) is 0 Å². The minimum Gasteiger partial charge on any atom is -0.362 e. The van der Waals surface area contributed by atoms with Crippen LogP contribution < -0.4 is 5.32 Å². The fourth-order valence-corrected chi connectivity index (χ4v) is 3.17. The fourth-order valence-electron chi connectivity index (χ4n) is 3.17. The lowest BCUT2D eigenvalue weighted by atomic mass is 9.92. The summed E-state index contributed by atoms with van der Waals surface area (Å²) in [6.07, 6.45) is 9.31. The van der Waals surface area contributed by atoms with E-state index in [0.29, 0.717) is 22.4 Å². The first-order valence-corrected chi connectivity index (χ1v) is 8.13. The summed E-state index contributed by atoms with van der Waals surface area (Å²) in [6, 6.07) is 13.5. The number of terminal acetylenes is 1. The number of nitro groups is 1. The summed E-state index contributed by atoms with van der Waals surface area (Å²) in [4.78, 5) is 25.9. The van der Waals surface area contributed by atoms with E-state index in [2.05, 4.69) is 16.2 Å². The molecule has 6 nitrogen and oxygen atoms in total. The number of carbonyl (C=O) groups excluding carboxylic acids is 1. The van der Waals surface area contributed by atoms with Crippen molar-refractivity contribution in [2.75, 3.05) is 5.32 Å². The summed E-state index contributed by atoms with van der Waals surface area (Å²) in [5, 5.41) is 13.7. The van der Waals surface area contributed by atoms with Gasteiger partial charge in [-0.3, -0.25) is 14.9 Å². The highest BCUT2D eigenvalue weighted by atomic mass is 16.6. The van der Waals surface area contributed by atoms with Gasteiger partial charge in [0.2, 0.25) is 0 Å². The molecule has 0 bridgehead atoms. The molecule has 2 N–H and O–H groups in total. The van der Waals surface area contributed by atoms with Gasteiger partial charge in [0.1, 0.15) is 0 Å². The first-order valence-electron chi connectivity index (χ1n) is 8.13. The molecule has 0 spiro atoms. The summed E-state index contributed by atoms with van der Waals surface area (Å²) in [5.41, 5.74) is 4.63. The van der Waals surface area contributed by atoms with Gasteiger partial charge in [-0.05, 0) is 47.5 Å². The molecule has 1 aromatic heterocycles. The van der Waals surface area contributed by atoms with Gasteiger partial charge < -0.3 is 10.3 Å². The van der Waals surface area contributed by atoms with Crippen molar-refractivity contribution < 1.29 is 9.72 Å². The van der Waals surface area contributed by atoms with Gasteiger partial charge in [-0.2, -0.15) is 0 Å². The number of hydrogen-bond acceptors (Lipinski definition) is 3. The number of non-ortho nitro benzene ring substituents is 1. The standard InChI is InChI=1S/C21H13N3O3/c1-2-16-17(13-5-7-15(8-6-13)24(26)27)9-10-19-20(16)18(21(25)23-19)12-14-4-3-11-22-14/h1,3-12,22H,(H,23,25). The number of nitrogens with one attached hydrogen (secondary N) is 2. The van der Waals surface area contributed by atoms with Gasteiger partial charge in [0.25, 0.3) is 11.6 Å². The number of aromatic amines is 1. The highest BCUT2D eigenvalue weighted by Crippen LogP contribution is 2.40. The molecule has 2 aromatic carbocycles. The molecule has 3 aromatic rings. The van der Waals surface area contributed by atoms with Gasteiger partial charge in [0.15, 0.2) is 0 Å². The van der Waals surface area contributed by atoms with Crippen molar-refractivity contribution in [3.63, 3.8) is 0 Å². The summed E-state index contributed by atoms with van der Waals surface area (Å²) in [5.74, 6) is 2.46. The third-order valence-electron chi connectivity index (χ3n) is 4.42. The second-order valence-corrected chi connectivity index (χ2v) is 6.00. The van der Waals surface area contributed by atoms with Crippen LogP contribution in [0, 0.1) is 22.5 Å². The molecular weight excluding hydrogens is 342 g/mol. The Morgan fingerprint density at radius 1 is 1.11 bits per heavy atom. The quantitative estimate of drug-likeness (QED) is 0.321. The third kappa shape index (κ3) is 2.77. The van der Waals surface area contributed by atoms with Crippen molar-refractivity contribution >= 4 is 28.9 Å². The van der Waals surface area contributed by atoms with Crippen LogP contribution in [0.2, 0.25) is 0 Å². The molecule has 1 amide bonds. The fraction of sp³-hybridized carbons (Fsp3) is 0. The number of hydrogen-bond donors (Lipinski definition) is 2. The van der Waals surface area contributed by atoms with E-state index >= 15 is 0 Å². The zero-order valence-corrected chi connectivity index (χ0v) is 14.0. The number of nitrogens with zero attached hydrogens (tertiary/aromatic N) is 1. The van der Waals surface area contributed by atoms with Crippen LogP contribution >= 0.6 is 0 Å². The first-order chi connectivity index (χ1) is 13.1. The van der Waals surface area contributed by atoms with Gasteiger partial charge in [0.05, 0.1) is 16.2 Å². The molecular formula is C21H13N3O3. The lowest BCUT2D eigenvalue weighted by Crippen LogP contribution is -2.03. The van der Waals surface area contributed by atoms with Gasteiger partial charge in [-0.25, -0.2) is 0 Å². The number of rotatable bonds is 3. The van der Waals surface area contributed by atoms with Gasteiger partial charge in [-0.1, -0.05) is 12.0 Å². The number of fused-ring (bicyclic) bond motifs is 1. The number of anilines is 1. The molecule has 0 saturated heterocycles. The van der Waals surface area contributed by atoms with E-state index in [1.165, 1.54) is 12.1 Å². The topological polar surface area (TPSA) is 88.0 Å². The average molecular weight is 355 g/mol. The van der Waals surface area contributed by atoms with Gasteiger partial charge >= 0.3 is 0 Å². The molecule has 4 rings (SSSR count). The Labute approximate surface area is 154 Å². The van der Waals surface area contributed by atoms with Crippen molar-refractivity contribution in [1.29, 1.82) is 0 Å². The van der Waals surface area contributed by atoms with E-state index in [4.69, 9.17) is 6.42 Å². The number of nitro benzene ring substituents is 1. The Hall–Kier alpha value is -4.11. The molecule has 0 atom stereocenters. The highest BCUT2D eigenvalue weighted by Gasteiger charge is 2.28. The zero-order valence-electron chi connectivity index (χ0n) is 14.0. The van der Waals surface area contributed by atoms with Crippen LogP contribution in [-0.2, 0) is 4.79 Å². The lowest BCUT2D eigenvalue weighted by molar-refractivity contribution is -0.384. The van der Waals surface area contributed by atoms with Crippen molar-refractivity contribution in [3.8, 4) is 23.5 Å². The molecule has 6 heteroatoms. The maximum Gasteiger partial charge on any atom is 0.269 e. The molecule has 130 valence electrons. The van der Waals surface area contributed by atoms with Crippen LogP contribution in [0.15, 0.2) is 54.7 Å². The Kier molecular flexibility index (Phi) is 3.83. The number of carbonyl (C=O) groups is 1. The minimum absolute atomic E-state index is 0.00587. The average Bonchev–Trinajstić information content (AvgIpc) is 3.29. The molecule has 1 aliphatic rings. The van der Waals surface area contributed by atoms with Crippen LogP contribution in [-0.4, -0.2) is 15.8 Å². The van der Waals surface area contributed by atoms with Crippen LogP contribution in [0.5, 0.6) is 0 Å². The summed E-state index contributed by atoms with van der Waals surface area (Å²) >= 11 is 0. The van der Waals surface area contributed by atoms with E-state index in [9.17, 15) is 14.9 Å². The van der Waals surface area contributed by atoms with Gasteiger partial charge in [-0.15, -0.1) is 6.42 Å². The molecule has 1 aliphatic heterocycles. The van der Waals surface area contributed by atoms with Crippen LogP contribution in [0.4, 0.5) is 11.4 Å². The normalized spacial score (nSPS) is 13.9. The summed E-state index contributed by atoms with van der Waals surface area (Å²) in [7, 11) is 0. The molecule has 0 radical (unpaired) electrons. The summed E-state index contributed by atoms with van der Waals surface area (Å²) in [6.45, 7) is 0. The number of H-pyrrole nitrogens is 1. The van der Waals surface area contributed by atoms with Crippen LogP contribution in [0.1, 0.15) is 16.8 Å². The Morgan fingerprint density at radius 2 is 1.89 bits per heavy atom. The second kappa shape index (κ2) is 6.32. The predicted molar refractivity (Wildman–Crippen MR) is 104 cm³/mol. The van der Waals surface area contributed by atoms with E-state index in [-0.39, 0.29) is 11.6 Å². The van der Waals surface area contributed by atoms with Crippen molar-refractivity contribution in [3.05, 3.63) is 81.7 Å². The lowest BCUT2D eigenvalue weighted by Gasteiger charge is -2.10. The number of benzene rings is 2. The Morgan fingerprint density at radius 3 is 2.52 bits per heavy atom. The smallest absolute Gasteiger partial charge is 0.269 e. The maximum absolute atomic E-state index is 12.5. The molecule has 0 aliphatic carbocycles. The molecule has 0 fully saturated rings. The van der Waals surface area contributed by atoms with E-state index in [1.807, 2.05) is 18.2 Å². The third-order valence-corrected chi connectivity index (χ3v) is 4.42. The Bertz CT molecular complexity index is 1130. The molecule has 0 saturated carbocycles. The zero-order chi connectivity index (χ0) is 19.0.